The molecule has 1 N–H and O–H groups in total. The average Bonchev–Trinajstić information content (AvgIpc) is 2.29. The van der Waals surface area contributed by atoms with Crippen LogP contribution < -0.4 is 0 Å². The summed E-state index contributed by atoms with van der Waals surface area (Å²) in [6.45, 7) is 3.15. The number of piperidine rings is 1. The van der Waals surface area contributed by atoms with Crippen molar-refractivity contribution in [1.82, 2.24) is 4.90 Å². The number of Topliss-reactive ketones (excluding diaryl/α,β-unsaturated/α-hetero) is 1. The summed E-state index contributed by atoms with van der Waals surface area (Å²) in [5.41, 5.74) is 0. The van der Waals surface area contributed by atoms with Crippen LogP contribution >= 0.6 is 0 Å². The summed E-state index contributed by atoms with van der Waals surface area (Å²) < 4.78 is 0. The van der Waals surface area contributed by atoms with Crippen LogP contribution in [0.4, 0.5) is 4.79 Å². The van der Waals surface area contributed by atoms with E-state index in [0.717, 1.165) is 19.3 Å². The van der Waals surface area contributed by atoms with E-state index in [9.17, 15) is 9.59 Å². The van der Waals surface area contributed by atoms with E-state index in [-0.39, 0.29) is 5.92 Å². The Bertz CT molecular complexity index is 245. The first-order valence-corrected chi connectivity index (χ1v) is 6.15. The van der Waals surface area contributed by atoms with Crippen molar-refractivity contribution < 1.29 is 14.7 Å². The van der Waals surface area contributed by atoms with Crippen LogP contribution in [0.1, 0.15) is 45.4 Å². The van der Waals surface area contributed by atoms with Crippen molar-refractivity contribution in [3.05, 3.63) is 0 Å². The number of carbonyl (C=O) groups excluding carboxylic acids is 1. The second-order valence-corrected chi connectivity index (χ2v) is 4.47. The third-order valence-electron chi connectivity index (χ3n) is 3.25. The SMILES string of the molecule is CCCCCC(=O)C1CCN(C(=O)O)CC1. The molecule has 4 heteroatoms. The zero-order valence-corrected chi connectivity index (χ0v) is 9.95. The summed E-state index contributed by atoms with van der Waals surface area (Å²) in [6.07, 6.45) is 4.44. The molecule has 1 rings (SSSR count). The second-order valence-electron chi connectivity index (χ2n) is 4.47. The van der Waals surface area contributed by atoms with Crippen LogP contribution in [0.2, 0.25) is 0 Å². The molecule has 0 unspecified atom stereocenters. The lowest BCUT2D eigenvalue weighted by atomic mass is 9.90. The molecule has 0 atom stereocenters. The molecule has 4 nitrogen and oxygen atoms in total. The monoisotopic (exact) mass is 227 g/mol. The fraction of sp³-hybridized carbons (Fsp3) is 0.833. The number of likely N-dealkylation sites (tertiary alicyclic amines) is 1. The number of hydrogen-bond acceptors (Lipinski definition) is 2. The number of unbranched alkanes of at least 4 members (excludes halogenated alkanes) is 2. The highest BCUT2D eigenvalue weighted by Gasteiger charge is 2.26. The van der Waals surface area contributed by atoms with Gasteiger partial charge < -0.3 is 10.0 Å². The maximum Gasteiger partial charge on any atom is 0.407 e. The van der Waals surface area contributed by atoms with Gasteiger partial charge in [-0.1, -0.05) is 19.8 Å². The van der Waals surface area contributed by atoms with Crippen LogP contribution in [-0.4, -0.2) is 35.0 Å². The van der Waals surface area contributed by atoms with Gasteiger partial charge in [0.05, 0.1) is 0 Å². The van der Waals surface area contributed by atoms with Crippen molar-refractivity contribution in [2.75, 3.05) is 13.1 Å². The Morgan fingerprint density at radius 2 is 1.88 bits per heavy atom. The summed E-state index contributed by atoms with van der Waals surface area (Å²) in [7, 11) is 0. The molecule has 1 amide bonds. The third-order valence-corrected chi connectivity index (χ3v) is 3.25. The minimum absolute atomic E-state index is 0.104. The van der Waals surface area contributed by atoms with E-state index in [4.69, 9.17) is 5.11 Å². The molecule has 1 saturated heterocycles. The van der Waals surface area contributed by atoms with Gasteiger partial charge in [0, 0.05) is 25.4 Å². The summed E-state index contributed by atoms with van der Waals surface area (Å²) >= 11 is 0. The first-order chi connectivity index (χ1) is 7.65. The molecule has 92 valence electrons. The van der Waals surface area contributed by atoms with Crippen LogP contribution in [0.5, 0.6) is 0 Å². The summed E-state index contributed by atoms with van der Waals surface area (Å²) in [5, 5.41) is 8.78. The van der Waals surface area contributed by atoms with Gasteiger partial charge in [0.2, 0.25) is 0 Å². The van der Waals surface area contributed by atoms with E-state index in [1.165, 1.54) is 4.90 Å². The quantitative estimate of drug-likeness (QED) is 0.734. The fourth-order valence-electron chi connectivity index (χ4n) is 2.15. The minimum atomic E-state index is -0.864. The smallest absolute Gasteiger partial charge is 0.407 e. The second kappa shape index (κ2) is 6.51. The molecule has 0 bridgehead atoms. The Kier molecular flexibility index (Phi) is 5.29. The molecular formula is C12H21NO3. The molecular weight excluding hydrogens is 206 g/mol. The van der Waals surface area contributed by atoms with Gasteiger partial charge in [-0.05, 0) is 19.3 Å². The van der Waals surface area contributed by atoms with E-state index < -0.39 is 6.09 Å². The van der Waals surface area contributed by atoms with Crippen molar-refractivity contribution in [2.45, 2.75) is 45.4 Å². The Morgan fingerprint density at radius 1 is 1.25 bits per heavy atom. The summed E-state index contributed by atoms with van der Waals surface area (Å²) in [4.78, 5) is 23.9. The molecule has 0 aromatic carbocycles. The molecule has 0 saturated carbocycles. The Morgan fingerprint density at radius 3 is 2.38 bits per heavy atom. The summed E-state index contributed by atoms with van der Waals surface area (Å²) in [5.74, 6) is 0.436. The number of carbonyl (C=O) groups is 2. The van der Waals surface area contributed by atoms with E-state index in [1.807, 2.05) is 0 Å². The van der Waals surface area contributed by atoms with Gasteiger partial charge in [-0.3, -0.25) is 4.79 Å². The molecule has 16 heavy (non-hydrogen) atoms. The van der Waals surface area contributed by atoms with Crippen molar-refractivity contribution in [1.29, 1.82) is 0 Å². The van der Waals surface area contributed by atoms with Crippen LogP contribution in [0.25, 0.3) is 0 Å². The average molecular weight is 227 g/mol. The molecule has 1 aliphatic heterocycles. The highest BCUT2D eigenvalue weighted by molar-refractivity contribution is 5.81. The normalized spacial score (nSPS) is 17.4. The Balaban J connectivity index is 2.25. The lowest BCUT2D eigenvalue weighted by Gasteiger charge is -2.29. The minimum Gasteiger partial charge on any atom is -0.465 e. The zero-order chi connectivity index (χ0) is 12.0. The summed E-state index contributed by atoms with van der Waals surface area (Å²) in [6, 6.07) is 0. The van der Waals surface area contributed by atoms with Crippen LogP contribution in [0.3, 0.4) is 0 Å². The molecule has 0 aliphatic carbocycles. The molecule has 0 spiro atoms. The number of amides is 1. The fourth-order valence-corrected chi connectivity index (χ4v) is 2.15. The lowest BCUT2D eigenvalue weighted by Crippen LogP contribution is -2.39. The molecule has 1 fully saturated rings. The van der Waals surface area contributed by atoms with E-state index in [1.54, 1.807) is 0 Å². The first-order valence-electron chi connectivity index (χ1n) is 6.15. The topological polar surface area (TPSA) is 57.6 Å². The van der Waals surface area contributed by atoms with Gasteiger partial charge in [0.25, 0.3) is 0 Å². The molecule has 0 radical (unpaired) electrons. The number of ketones is 1. The van der Waals surface area contributed by atoms with Crippen LogP contribution in [-0.2, 0) is 4.79 Å². The van der Waals surface area contributed by atoms with Gasteiger partial charge in [0.1, 0.15) is 5.78 Å². The first kappa shape index (κ1) is 13.0. The molecule has 0 aromatic rings. The van der Waals surface area contributed by atoms with Crippen molar-refractivity contribution >= 4 is 11.9 Å². The highest BCUT2D eigenvalue weighted by atomic mass is 16.4. The van der Waals surface area contributed by atoms with Crippen molar-refractivity contribution in [3.8, 4) is 0 Å². The molecule has 1 heterocycles. The molecule has 0 aromatic heterocycles. The standard InChI is InChI=1S/C12H21NO3/c1-2-3-4-5-11(14)10-6-8-13(9-7-10)12(15)16/h10H,2-9H2,1H3,(H,15,16). The van der Waals surface area contributed by atoms with Crippen LogP contribution in [0.15, 0.2) is 0 Å². The maximum atomic E-state index is 11.8. The highest BCUT2D eigenvalue weighted by Crippen LogP contribution is 2.20. The third kappa shape index (κ3) is 3.83. The van der Waals surface area contributed by atoms with Crippen molar-refractivity contribution in [3.63, 3.8) is 0 Å². The van der Waals surface area contributed by atoms with E-state index in [0.29, 0.717) is 38.1 Å². The zero-order valence-electron chi connectivity index (χ0n) is 9.95. The number of nitrogens with zero attached hydrogens (tertiary/aromatic N) is 1. The Hall–Kier alpha value is -1.06. The molecule has 1 aliphatic rings. The van der Waals surface area contributed by atoms with Crippen LogP contribution in [0, 0.1) is 5.92 Å². The lowest BCUT2D eigenvalue weighted by molar-refractivity contribution is -0.124. The van der Waals surface area contributed by atoms with Gasteiger partial charge in [-0.2, -0.15) is 0 Å². The number of rotatable bonds is 5. The predicted octanol–water partition coefficient (Wildman–Crippen LogP) is 2.53. The predicted molar refractivity (Wildman–Crippen MR) is 61.5 cm³/mol. The Labute approximate surface area is 96.6 Å². The largest absolute Gasteiger partial charge is 0.465 e. The van der Waals surface area contributed by atoms with E-state index >= 15 is 0 Å². The van der Waals surface area contributed by atoms with Gasteiger partial charge in [-0.25, -0.2) is 4.79 Å². The maximum absolute atomic E-state index is 11.8. The van der Waals surface area contributed by atoms with Gasteiger partial charge in [-0.15, -0.1) is 0 Å². The number of carboxylic acid groups (broad SMARTS) is 1. The number of hydrogen-bond donors (Lipinski definition) is 1. The van der Waals surface area contributed by atoms with E-state index in [2.05, 4.69) is 6.92 Å². The van der Waals surface area contributed by atoms with Gasteiger partial charge >= 0.3 is 6.09 Å². The van der Waals surface area contributed by atoms with Crippen molar-refractivity contribution in [2.24, 2.45) is 5.92 Å². The van der Waals surface area contributed by atoms with Gasteiger partial charge in [0.15, 0.2) is 0 Å².